The van der Waals surface area contributed by atoms with Crippen molar-refractivity contribution in [1.82, 2.24) is 0 Å². The number of benzene rings is 1. The van der Waals surface area contributed by atoms with Crippen LogP contribution in [0, 0.1) is 13.8 Å². The molecule has 68 valence electrons. The maximum absolute atomic E-state index is 7.00. The van der Waals surface area contributed by atoms with E-state index < -0.39 is 0 Å². The average Bonchev–Trinajstić information content (AvgIpc) is 2.06. The molecule has 1 N–H and O–H groups in total. The Hall–Kier alpha value is -1.02. The van der Waals surface area contributed by atoms with Gasteiger partial charge >= 0.3 is 0 Å². The molecule has 1 rings (SSSR count). The van der Waals surface area contributed by atoms with Gasteiger partial charge in [0.15, 0.2) is 0 Å². The SMILES string of the molecule is CO.COc1cc(C)cc(C)c1. The molecule has 0 atom stereocenters. The van der Waals surface area contributed by atoms with E-state index in [1.165, 1.54) is 11.1 Å². The van der Waals surface area contributed by atoms with E-state index in [-0.39, 0.29) is 0 Å². The molecule has 0 aromatic heterocycles. The van der Waals surface area contributed by atoms with Gasteiger partial charge in [-0.2, -0.15) is 0 Å². The van der Waals surface area contributed by atoms with Crippen LogP contribution in [0.1, 0.15) is 11.1 Å². The summed E-state index contributed by atoms with van der Waals surface area (Å²) in [4.78, 5) is 0. The second-order valence-corrected chi connectivity index (χ2v) is 2.53. The van der Waals surface area contributed by atoms with Crippen molar-refractivity contribution in [2.75, 3.05) is 14.2 Å². The van der Waals surface area contributed by atoms with Gasteiger partial charge in [-0.3, -0.25) is 0 Å². The zero-order chi connectivity index (χ0) is 9.56. The van der Waals surface area contributed by atoms with E-state index >= 15 is 0 Å². The van der Waals surface area contributed by atoms with Crippen molar-refractivity contribution in [3.8, 4) is 5.75 Å². The molecule has 0 fully saturated rings. The maximum atomic E-state index is 7.00. The van der Waals surface area contributed by atoms with E-state index in [2.05, 4.69) is 19.9 Å². The summed E-state index contributed by atoms with van der Waals surface area (Å²) in [7, 11) is 2.69. The summed E-state index contributed by atoms with van der Waals surface area (Å²) in [6.07, 6.45) is 0. The van der Waals surface area contributed by atoms with E-state index in [9.17, 15) is 0 Å². The Morgan fingerprint density at radius 3 is 1.75 bits per heavy atom. The molecule has 0 saturated carbocycles. The predicted octanol–water partition coefficient (Wildman–Crippen LogP) is 1.92. The van der Waals surface area contributed by atoms with E-state index in [1.807, 2.05) is 12.1 Å². The number of aryl methyl sites for hydroxylation is 2. The highest BCUT2D eigenvalue weighted by molar-refractivity contribution is 5.32. The van der Waals surface area contributed by atoms with E-state index in [0.29, 0.717) is 0 Å². The molecule has 0 saturated heterocycles. The fraction of sp³-hybridized carbons (Fsp3) is 0.400. The molecular formula is C10H16O2. The summed E-state index contributed by atoms with van der Waals surface area (Å²) in [5, 5.41) is 7.00. The van der Waals surface area contributed by atoms with Crippen molar-refractivity contribution in [2.24, 2.45) is 0 Å². The fourth-order valence-electron chi connectivity index (χ4n) is 1.05. The molecule has 2 nitrogen and oxygen atoms in total. The summed E-state index contributed by atoms with van der Waals surface area (Å²) in [5.74, 6) is 0.942. The minimum atomic E-state index is 0.942. The molecule has 0 heterocycles. The van der Waals surface area contributed by atoms with Crippen LogP contribution in [0.15, 0.2) is 18.2 Å². The van der Waals surface area contributed by atoms with Crippen LogP contribution in [0.2, 0.25) is 0 Å². The van der Waals surface area contributed by atoms with E-state index in [0.717, 1.165) is 12.9 Å². The topological polar surface area (TPSA) is 29.5 Å². The van der Waals surface area contributed by atoms with Crippen LogP contribution in [0.5, 0.6) is 5.75 Å². The summed E-state index contributed by atoms with van der Waals surface area (Å²) >= 11 is 0. The van der Waals surface area contributed by atoms with Gasteiger partial charge in [-0.25, -0.2) is 0 Å². The third-order valence-corrected chi connectivity index (χ3v) is 1.43. The number of aliphatic hydroxyl groups excluding tert-OH is 1. The molecule has 0 bridgehead atoms. The highest BCUT2D eigenvalue weighted by atomic mass is 16.5. The van der Waals surface area contributed by atoms with Gasteiger partial charge in [0.25, 0.3) is 0 Å². The first-order chi connectivity index (χ1) is 5.72. The Kier molecular flexibility index (Phi) is 5.13. The zero-order valence-electron chi connectivity index (χ0n) is 8.09. The number of rotatable bonds is 1. The average molecular weight is 168 g/mol. The van der Waals surface area contributed by atoms with Crippen molar-refractivity contribution >= 4 is 0 Å². The summed E-state index contributed by atoms with van der Waals surface area (Å²) in [6, 6.07) is 6.17. The van der Waals surface area contributed by atoms with E-state index in [1.54, 1.807) is 7.11 Å². The largest absolute Gasteiger partial charge is 0.497 e. The molecule has 2 heteroatoms. The lowest BCUT2D eigenvalue weighted by molar-refractivity contribution is 0.399. The van der Waals surface area contributed by atoms with Gasteiger partial charge in [0.2, 0.25) is 0 Å². The molecule has 12 heavy (non-hydrogen) atoms. The minimum absolute atomic E-state index is 0.942. The molecule has 0 amide bonds. The molecule has 0 unspecified atom stereocenters. The van der Waals surface area contributed by atoms with Crippen LogP contribution >= 0.6 is 0 Å². The Balaban J connectivity index is 0.000000561. The fourth-order valence-corrected chi connectivity index (χ4v) is 1.05. The molecule has 0 aliphatic carbocycles. The molecule has 0 aliphatic heterocycles. The second kappa shape index (κ2) is 5.61. The molecular weight excluding hydrogens is 152 g/mol. The van der Waals surface area contributed by atoms with E-state index in [4.69, 9.17) is 9.84 Å². The maximum Gasteiger partial charge on any atom is 0.119 e. The van der Waals surface area contributed by atoms with Gasteiger partial charge in [0, 0.05) is 7.11 Å². The van der Waals surface area contributed by atoms with Gasteiger partial charge in [-0.1, -0.05) is 6.07 Å². The Morgan fingerprint density at radius 2 is 1.42 bits per heavy atom. The number of aliphatic hydroxyl groups is 1. The molecule has 0 radical (unpaired) electrons. The third-order valence-electron chi connectivity index (χ3n) is 1.43. The smallest absolute Gasteiger partial charge is 0.119 e. The standard InChI is InChI=1S/C9H12O.CH4O/c1-7-4-8(2)6-9(5-7)10-3;1-2/h4-6H,1-3H3;2H,1H3. The van der Waals surface area contributed by atoms with Crippen LogP contribution in [0.4, 0.5) is 0 Å². The summed E-state index contributed by atoms with van der Waals surface area (Å²) in [5.41, 5.74) is 2.49. The number of methoxy groups -OCH3 is 1. The van der Waals surface area contributed by atoms with Gasteiger partial charge in [-0.05, 0) is 37.1 Å². The lowest BCUT2D eigenvalue weighted by Gasteiger charge is -2.01. The summed E-state index contributed by atoms with van der Waals surface area (Å²) < 4.78 is 5.08. The molecule has 1 aromatic carbocycles. The summed E-state index contributed by atoms with van der Waals surface area (Å²) in [6.45, 7) is 4.13. The van der Waals surface area contributed by atoms with Crippen molar-refractivity contribution in [3.63, 3.8) is 0 Å². The quantitative estimate of drug-likeness (QED) is 0.694. The van der Waals surface area contributed by atoms with Crippen LogP contribution in [-0.4, -0.2) is 19.3 Å². The number of ether oxygens (including phenoxy) is 1. The molecule has 0 aliphatic rings. The first kappa shape index (κ1) is 11.0. The number of hydrogen-bond donors (Lipinski definition) is 1. The normalized spacial score (nSPS) is 8.42. The lowest BCUT2D eigenvalue weighted by atomic mass is 10.1. The molecule has 1 aromatic rings. The van der Waals surface area contributed by atoms with Crippen LogP contribution in [0.3, 0.4) is 0 Å². The molecule has 0 spiro atoms. The van der Waals surface area contributed by atoms with Crippen LogP contribution < -0.4 is 4.74 Å². The van der Waals surface area contributed by atoms with Crippen molar-refractivity contribution in [1.29, 1.82) is 0 Å². The predicted molar refractivity (Wildman–Crippen MR) is 50.6 cm³/mol. The highest BCUT2D eigenvalue weighted by Crippen LogP contribution is 2.14. The van der Waals surface area contributed by atoms with Gasteiger partial charge < -0.3 is 9.84 Å². The first-order valence-electron chi connectivity index (χ1n) is 3.79. The first-order valence-corrected chi connectivity index (χ1v) is 3.79. The van der Waals surface area contributed by atoms with Gasteiger partial charge in [0.05, 0.1) is 7.11 Å². The Bertz CT molecular complexity index is 211. The van der Waals surface area contributed by atoms with Gasteiger partial charge in [0.1, 0.15) is 5.75 Å². The Labute approximate surface area is 73.8 Å². The van der Waals surface area contributed by atoms with Crippen molar-refractivity contribution in [2.45, 2.75) is 13.8 Å². The zero-order valence-corrected chi connectivity index (χ0v) is 8.09. The van der Waals surface area contributed by atoms with Gasteiger partial charge in [-0.15, -0.1) is 0 Å². The van der Waals surface area contributed by atoms with Crippen molar-refractivity contribution in [3.05, 3.63) is 29.3 Å². The van der Waals surface area contributed by atoms with Crippen LogP contribution in [0.25, 0.3) is 0 Å². The number of hydrogen-bond acceptors (Lipinski definition) is 2. The monoisotopic (exact) mass is 168 g/mol. The van der Waals surface area contributed by atoms with Crippen LogP contribution in [-0.2, 0) is 0 Å². The lowest BCUT2D eigenvalue weighted by Crippen LogP contribution is -1.84. The minimum Gasteiger partial charge on any atom is -0.497 e. The Morgan fingerprint density at radius 1 is 1.00 bits per heavy atom. The third kappa shape index (κ3) is 3.39. The second-order valence-electron chi connectivity index (χ2n) is 2.53. The van der Waals surface area contributed by atoms with Crippen molar-refractivity contribution < 1.29 is 9.84 Å². The highest BCUT2D eigenvalue weighted by Gasteiger charge is 1.92.